The second-order valence-corrected chi connectivity index (χ2v) is 4.68. The molecule has 9 heteroatoms. The highest BCUT2D eigenvalue weighted by Gasteiger charge is 2.56. The number of carboxylic acids is 1. The highest BCUT2D eigenvalue weighted by Crippen LogP contribution is 2.45. The fourth-order valence-corrected chi connectivity index (χ4v) is 2.10. The first-order valence-electron chi connectivity index (χ1n) is 6.14. The second-order valence-electron chi connectivity index (χ2n) is 4.68. The molecular formula is C13H13F6NO2. The summed E-state index contributed by atoms with van der Waals surface area (Å²) in [5.41, 5.74) is -1.32. The molecule has 3 nitrogen and oxygen atoms in total. The lowest BCUT2D eigenvalue weighted by molar-refractivity contribution is -0.192. The smallest absolute Gasteiger partial charge is 0.475 e. The molecule has 1 aliphatic rings. The highest BCUT2D eigenvalue weighted by molar-refractivity contribution is 5.73. The molecule has 0 unspecified atom stereocenters. The number of aliphatic carboxylic acids is 1. The van der Waals surface area contributed by atoms with E-state index in [1.807, 2.05) is 0 Å². The van der Waals surface area contributed by atoms with Crippen LogP contribution in [0.25, 0.3) is 0 Å². The minimum Gasteiger partial charge on any atom is -0.475 e. The summed E-state index contributed by atoms with van der Waals surface area (Å²) in [6, 6.07) is 8.15. The Morgan fingerprint density at radius 2 is 1.59 bits per heavy atom. The fourth-order valence-electron chi connectivity index (χ4n) is 2.10. The van der Waals surface area contributed by atoms with Crippen molar-refractivity contribution in [3.63, 3.8) is 0 Å². The fraction of sp³-hybridized carbons (Fsp3) is 0.462. The molecule has 1 fully saturated rings. The van der Waals surface area contributed by atoms with Gasteiger partial charge in [0.05, 0.1) is 0 Å². The third-order valence-corrected chi connectivity index (χ3v) is 3.27. The maximum Gasteiger partial charge on any atom is 0.490 e. The van der Waals surface area contributed by atoms with Gasteiger partial charge in [0.15, 0.2) is 0 Å². The SMILES string of the molecule is FC(F)(F)[C@]1(c2ccccc2)CCNC1.O=C(O)C(F)(F)F. The van der Waals surface area contributed by atoms with Crippen LogP contribution in [0.4, 0.5) is 26.3 Å². The van der Waals surface area contributed by atoms with E-state index >= 15 is 0 Å². The first-order valence-corrected chi connectivity index (χ1v) is 6.14. The molecule has 1 aliphatic heterocycles. The zero-order chi connectivity index (χ0) is 17.0. The van der Waals surface area contributed by atoms with Crippen molar-refractivity contribution in [3.05, 3.63) is 35.9 Å². The molecule has 2 rings (SSSR count). The summed E-state index contributed by atoms with van der Waals surface area (Å²) in [6.07, 6.45) is -9.14. The van der Waals surface area contributed by atoms with Gasteiger partial charge in [0.1, 0.15) is 5.41 Å². The molecule has 0 spiro atoms. The van der Waals surface area contributed by atoms with Gasteiger partial charge in [-0.3, -0.25) is 0 Å². The average Bonchev–Trinajstić information content (AvgIpc) is 2.89. The minimum atomic E-state index is -5.08. The summed E-state index contributed by atoms with van der Waals surface area (Å²) in [6.45, 7) is 0.412. The van der Waals surface area contributed by atoms with Crippen LogP contribution in [0.1, 0.15) is 12.0 Å². The molecule has 2 N–H and O–H groups in total. The van der Waals surface area contributed by atoms with Crippen LogP contribution in [-0.4, -0.2) is 36.5 Å². The molecule has 1 aromatic rings. The number of carboxylic acid groups (broad SMARTS) is 1. The van der Waals surface area contributed by atoms with Crippen LogP contribution < -0.4 is 5.32 Å². The zero-order valence-corrected chi connectivity index (χ0v) is 11.1. The standard InChI is InChI=1S/C11H12F3N.C2HF3O2/c12-11(13,14)10(6-7-15-8-10)9-4-2-1-3-5-9;3-2(4,5)1(6)7/h1-5,15H,6-8H2;(H,6,7)/t10-;/m1./s1. The molecule has 0 radical (unpaired) electrons. The zero-order valence-electron chi connectivity index (χ0n) is 11.1. The Morgan fingerprint density at radius 3 is 1.91 bits per heavy atom. The van der Waals surface area contributed by atoms with Gasteiger partial charge in [-0.25, -0.2) is 4.79 Å². The van der Waals surface area contributed by atoms with Crippen LogP contribution >= 0.6 is 0 Å². The van der Waals surface area contributed by atoms with E-state index in [4.69, 9.17) is 9.90 Å². The molecule has 0 amide bonds. The lowest BCUT2D eigenvalue weighted by Crippen LogP contribution is -2.44. The van der Waals surface area contributed by atoms with Crippen LogP contribution in [-0.2, 0) is 10.2 Å². The van der Waals surface area contributed by atoms with Gasteiger partial charge in [-0.1, -0.05) is 30.3 Å². The van der Waals surface area contributed by atoms with Gasteiger partial charge in [-0.05, 0) is 18.5 Å². The van der Waals surface area contributed by atoms with Gasteiger partial charge in [-0.2, -0.15) is 26.3 Å². The van der Waals surface area contributed by atoms with Crippen molar-refractivity contribution in [2.75, 3.05) is 13.1 Å². The van der Waals surface area contributed by atoms with Crippen molar-refractivity contribution in [2.24, 2.45) is 0 Å². The summed E-state index contributed by atoms with van der Waals surface area (Å²) < 4.78 is 70.9. The third kappa shape index (κ3) is 4.12. The van der Waals surface area contributed by atoms with E-state index in [1.165, 1.54) is 0 Å². The van der Waals surface area contributed by atoms with E-state index in [0.717, 1.165) is 0 Å². The number of benzene rings is 1. The molecule has 0 aliphatic carbocycles. The Morgan fingerprint density at radius 1 is 1.09 bits per heavy atom. The molecule has 1 aromatic carbocycles. The molecular weight excluding hydrogens is 316 g/mol. The van der Waals surface area contributed by atoms with E-state index in [-0.39, 0.29) is 13.0 Å². The Hall–Kier alpha value is -1.77. The topological polar surface area (TPSA) is 49.3 Å². The molecule has 1 heterocycles. The molecule has 1 atom stereocenters. The third-order valence-electron chi connectivity index (χ3n) is 3.27. The van der Waals surface area contributed by atoms with Gasteiger partial charge >= 0.3 is 18.3 Å². The Balaban J connectivity index is 0.000000295. The summed E-state index contributed by atoms with van der Waals surface area (Å²) in [5.74, 6) is -2.76. The van der Waals surface area contributed by atoms with Crippen molar-refractivity contribution in [2.45, 2.75) is 24.2 Å². The number of hydrogen-bond donors (Lipinski definition) is 2. The minimum absolute atomic E-state index is 0.0134. The Kier molecular flexibility index (Phi) is 5.44. The van der Waals surface area contributed by atoms with Crippen LogP contribution in [0.2, 0.25) is 0 Å². The number of hydrogen-bond acceptors (Lipinski definition) is 2. The molecule has 124 valence electrons. The lowest BCUT2D eigenvalue weighted by Gasteiger charge is -2.31. The second kappa shape index (κ2) is 6.55. The van der Waals surface area contributed by atoms with Crippen LogP contribution in [0.15, 0.2) is 30.3 Å². The predicted octanol–water partition coefficient (Wildman–Crippen LogP) is 3.11. The van der Waals surface area contributed by atoms with Crippen molar-refractivity contribution in [1.82, 2.24) is 5.32 Å². The van der Waals surface area contributed by atoms with E-state index in [2.05, 4.69) is 5.32 Å². The van der Waals surface area contributed by atoms with Gasteiger partial charge < -0.3 is 10.4 Å². The van der Waals surface area contributed by atoms with Crippen LogP contribution in [0.5, 0.6) is 0 Å². The summed E-state index contributed by atoms with van der Waals surface area (Å²) in [5, 5.41) is 9.92. The van der Waals surface area contributed by atoms with Gasteiger partial charge in [-0.15, -0.1) is 0 Å². The van der Waals surface area contributed by atoms with Crippen molar-refractivity contribution < 1.29 is 36.2 Å². The van der Waals surface area contributed by atoms with E-state index in [9.17, 15) is 26.3 Å². The van der Waals surface area contributed by atoms with Gasteiger partial charge in [0.2, 0.25) is 0 Å². The molecule has 1 saturated heterocycles. The lowest BCUT2D eigenvalue weighted by atomic mass is 9.79. The maximum atomic E-state index is 13.1. The average molecular weight is 329 g/mol. The molecule has 0 aromatic heterocycles. The number of carbonyl (C=O) groups is 1. The Bertz CT molecular complexity index is 491. The maximum absolute atomic E-state index is 13.1. The summed E-state index contributed by atoms with van der Waals surface area (Å²) in [7, 11) is 0. The van der Waals surface area contributed by atoms with E-state index in [0.29, 0.717) is 12.1 Å². The van der Waals surface area contributed by atoms with Crippen LogP contribution in [0.3, 0.4) is 0 Å². The van der Waals surface area contributed by atoms with Crippen molar-refractivity contribution in [1.29, 1.82) is 0 Å². The number of nitrogens with one attached hydrogen (secondary N) is 1. The highest BCUT2D eigenvalue weighted by atomic mass is 19.4. The van der Waals surface area contributed by atoms with Crippen molar-refractivity contribution in [3.8, 4) is 0 Å². The predicted molar refractivity (Wildman–Crippen MR) is 65.4 cm³/mol. The number of rotatable bonds is 1. The normalized spacial score (nSPS) is 21.9. The molecule has 0 bridgehead atoms. The molecule has 22 heavy (non-hydrogen) atoms. The first-order chi connectivity index (χ1) is 10.0. The number of halogens is 6. The largest absolute Gasteiger partial charge is 0.490 e. The molecule has 0 saturated carbocycles. The Labute approximate surface area is 121 Å². The van der Waals surface area contributed by atoms with Gasteiger partial charge in [0, 0.05) is 6.54 Å². The van der Waals surface area contributed by atoms with E-state index in [1.54, 1.807) is 30.3 Å². The van der Waals surface area contributed by atoms with Crippen LogP contribution in [0, 0.1) is 0 Å². The number of alkyl halides is 6. The quantitative estimate of drug-likeness (QED) is 0.779. The van der Waals surface area contributed by atoms with Gasteiger partial charge in [0.25, 0.3) is 0 Å². The summed E-state index contributed by atoms with van der Waals surface area (Å²) >= 11 is 0. The van der Waals surface area contributed by atoms with Crippen molar-refractivity contribution >= 4 is 5.97 Å². The monoisotopic (exact) mass is 329 g/mol. The van der Waals surface area contributed by atoms with E-state index < -0.39 is 23.7 Å². The first kappa shape index (κ1) is 18.3. The summed E-state index contributed by atoms with van der Waals surface area (Å²) in [4.78, 5) is 8.90.